The predicted octanol–water partition coefficient (Wildman–Crippen LogP) is 3.53. The first-order chi connectivity index (χ1) is 9.10. The summed E-state index contributed by atoms with van der Waals surface area (Å²) in [5.74, 6) is 0.844. The SMILES string of the molecule is COc1cccc(C(=O)Nc2nc(C(C)C)cs2)c1. The van der Waals surface area contributed by atoms with Crippen LogP contribution >= 0.6 is 11.3 Å². The van der Waals surface area contributed by atoms with E-state index < -0.39 is 0 Å². The molecule has 0 saturated carbocycles. The van der Waals surface area contributed by atoms with Gasteiger partial charge in [0.2, 0.25) is 0 Å². The van der Waals surface area contributed by atoms with E-state index in [9.17, 15) is 4.79 Å². The molecule has 0 saturated heterocycles. The fourth-order valence-corrected chi connectivity index (χ4v) is 2.41. The summed E-state index contributed by atoms with van der Waals surface area (Å²) in [6.45, 7) is 4.14. The van der Waals surface area contributed by atoms with Crippen molar-refractivity contribution in [3.05, 3.63) is 40.9 Å². The number of carbonyl (C=O) groups is 1. The first-order valence-electron chi connectivity index (χ1n) is 6.01. The van der Waals surface area contributed by atoms with Crippen LogP contribution in [0.4, 0.5) is 5.13 Å². The van der Waals surface area contributed by atoms with Gasteiger partial charge in [-0.3, -0.25) is 10.1 Å². The molecule has 0 atom stereocenters. The van der Waals surface area contributed by atoms with Crippen LogP contribution in [0.2, 0.25) is 0 Å². The number of rotatable bonds is 4. The molecule has 4 nitrogen and oxygen atoms in total. The Labute approximate surface area is 116 Å². The molecule has 0 bridgehead atoms. The van der Waals surface area contributed by atoms with Gasteiger partial charge in [-0.05, 0) is 24.1 Å². The topological polar surface area (TPSA) is 51.2 Å². The van der Waals surface area contributed by atoms with Gasteiger partial charge in [0.1, 0.15) is 5.75 Å². The van der Waals surface area contributed by atoms with E-state index in [1.807, 2.05) is 5.38 Å². The maximum Gasteiger partial charge on any atom is 0.257 e. The van der Waals surface area contributed by atoms with Crippen LogP contribution in [0.1, 0.15) is 35.8 Å². The summed E-state index contributed by atoms with van der Waals surface area (Å²) in [7, 11) is 1.58. The molecule has 1 aromatic heterocycles. The van der Waals surface area contributed by atoms with Gasteiger partial charge in [0.15, 0.2) is 5.13 Å². The van der Waals surface area contributed by atoms with Gasteiger partial charge in [0.25, 0.3) is 5.91 Å². The second kappa shape index (κ2) is 5.84. The van der Waals surface area contributed by atoms with Crippen LogP contribution < -0.4 is 10.1 Å². The number of nitrogens with zero attached hydrogens (tertiary/aromatic N) is 1. The van der Waals surface area contributed by atoms with Gasteiger partial charge in [-0.15, -0.1) is 11.3 Å². The molecule has 0 aliphatic rings. The zero-order valence-corrected chi connectivity index (χ0v) is 12.0. The third kappa shape index (κ3) is 3.32. The number of methoxy groups -OCH3 is 1. The average molecular weight is 276 g/mol. The molecule has 1 amide bonds. The fraction of sp³-hybridized carbons (Fsp3) is 0.286. The molecule has 5 heteroatoms. The molecular weight excluding hydrogens is 260 g/mol. The highest BCUT2D eigenvalue weighted by atomic mass is 32.1. The van der Waals surface area contributed by atoms with E-state index >= 15 is 0 Å². The number of anilines is 1. The molecule has 1 heterocycles. The van der Waals surface area contributed by atoms with Crippen molar-refractivity contribution in [3.8, 4) is 5.75 Å². The Bertz CT molecular complexity index is 578. The van der Waals surface area contributed by atoms with Crippen molar-refractivity contribution in [2.24, 2.45) is 0 Å². The standard InChI is InChI=1S/C14H16N2O2S/c1-9(2)12-8-19-14(15-12)16-13(17)10-5-4-6-11(7-10)18-3/h4-9H,1-3H3,(H,15,16,17). The average Bonchev–Trinajstić information content (AvgIpc) is 2.87. The van der Waals surface area contributed by atoms with Crippen molar-refractivity contribution < 1.29 is 9.53 Å². The van der Waals surface area contributed by atoms with Crippen molar-refractivity contribution >= 4 is 22.4 Å². The fourth-order valence-electron chi connectivity index (χ4n) is 1.54. The summed E-state index contributed by atoms with van der Waals surface area (Å²) in [5, 5.41) is 5.38. The van der Waals surface area contributed by atoms with Crippen molar-refractivity contribution in [1.82, 2.24) is 4.98 Å². The number of hydrogen-bond acceptors (Lipinski definition) is 4. The number of amides is 1. The van der Waals surface area contributed by atoms with Crippen LogP contribution in [0.25, 0.3) is 0 Å². The van der Waals surface area contributed by atoms with Crippen LogP contribution in [-0.4, -0.2) is 18.0 Å². The van der Waals surface area contributed by atoms with Crippen molar-refractivity contribution in [2.75, 3.05) is 12.4 Å². The first kappa shape index (κ1) is 13.5. The molecule has 2 rings (SSSR count). The summed E-state index contributed by atoms with van der Waals surface area (Å²) < 4.78 is 5.10. The molecule has 0 aliphatic carbocycles. The monoisotopic (exact) mass is 276 g/mol. The van der Waals surface area contributed by atoms with Crippen LogP contribution in [-0.2, 0) is 0 Å². The number of ether oxygens (including phenoxy) is 1. The second-order valence-corrected chi connectivity index (χ2v) is 5.28. The van der Waals surface area contributed by atoms with Gasteiger partial charge < -0.3 is 4.74 Å². The molecule has 0 radical (unpaired) electrons. The minimum atomic E-state index is -0.177. The van der Waals surface area contributed by atoms with E-state index in [2.05, 4.69) is 24.1 Å². The van der Waals surface area contributed by atoms with Crippen LogP contribution in [0.15, 0.2) is 29.6 Å². The minimum absolute atomic E-state index is 0.177. The molecule has 0 spiro atoms. The number of nitrogens with one attached hydrogen (secondary N) is 1. The Morgan fingerprint density at radius 2 is 2.21 bits per heavy atom. The third-order valence-corrected chi connectivity index (χ3v) is 3.44. The van der Waals surface area contributed by atoms with Crippen LogP contribution in [0, 0.1) is 0 Å². The molecule has 0 aliphatic heterocycles. The summed E-state index contributed by atoms with van der Waals surface area (Å²) in [6, 6.07) is 7.04. The summed E-state index contributed by atoms with van der Waals surface area (Å²) in [4.78, 5) is 16.4. The van der Waals surface area contributed by atoms with Crippen molar-refractivity contribution in [3.63, 3.8) is 0 Å². The van der Waals surface area contributed by atoms with E-state index in [1.165, 1.54) is 11.3 Å². The highest BCUT2D eigenvalue weighted by molar-refractivity contribution is 7.14. The maximum atomic E-state index is 12.1. The number of benzene rings is 1. The van der Waals surface area contributed by atoms with Gasteiger partial charge >= 0.3 is 0 Å². The Morgan fingerprint density at radius 3 is 2.84 bits per heavy atom. The largest absolute Gasteiger partial charge is 0.497 e. The third-order valence-electron chi connectivity index (χ3n) is 2.67. The molecule has 1 aromatic carbocycles. The van der Waals surface area contributed by atoms with Gasteiger partial charge in [-0.25, -0.2) is 4.98 Å². The van der Waals surface area contributed by atoms with E-state index in [0.717, 1.165) is 5.69 Å². The van der Waals surface area contributed by atoms with E-state index in [-0.39, 0.29) is 5.91 Å². The summed E-state index contributed by atoms with van der Waals surface area (Å²) in [6.07, 6.45) is 0. The quantitative estimate of drug-likeness (QED) is 0.929. The molecule has 0 fully saturated rings. The molecule has 1 N–H and O–H groups in total. The van der Waals surface area contributed by atoms with Crippen LogP contribution in [0.5, 0.6) is 5.75 Å². The smallest absolute Gasteiger partial charge is 0.257 e. The normalized spacial score (nSPS) is 10.5. The van der Waals surface area contributed by atoms with E-state index in [0.29, 0.717) is 22.4 Å². The maximum absolute atomic E-state index is 12.1. The first-order valence-corrected chi connectivity index (χ1v) is 6.89. The summed E-state index contributed by atoms with van der Waals surface area (Å²) in [5.41, 5.74) is 1.55. The van der Waals surface area contributed by atoms with Gasteiger partial charge in [0, 0.05) is 10.9 Å². The van der Waals surface area contributed by atoms with Crippen LogP contribution in [0.3, 0.4) is 0 Å². The molecule has 0 unspecified atom stereocenters. The van der Waals surface area contributed by atoms with Crippen molar-refractivity contribution in [1.29, 1.82) is 0 Å². The minimum Gasteiger partial charge on any atom is -0.497 e. The molecular formula is C14H16N2O2S. The molecule has 2 aromatic rings. The van der Waals surface area contributed by atoms with E-state index in [1.54, 1.807) is 31.4 Å². The Balaban J connectivity index is 2.11. The number of carbonyl (C=O) groups excluding carboxylic acids is 1. The Hall–Kier alpha value is -1.88. The molecule has 19 heavy (non-hydrogen) atoms. The lowest BCUT2D eigenvalue weighted by Gasteiger charge is -2.04. The van der Waals surface area contributed by atoms with Gasteiger partial charge in [-0.2, -0.15) is 0 Å². The Morgan fingerprint density at radius 1 is 1.42 bits per heavy atom. The lowest BCUT2D eigenvalue weighted by Crippen LogP contribution is -2.11. The zero-order chi connectivity index (χ0) is 13.8. The van der Waals surface area contributed by atoms with E-state index in [4.69, 9.17) is 4.74 Å². The number of aromatic nitrogens is 1. The number of hydrogen-bond donors (Lipinski definition) is 1. The second-order valence-electron chi connectivity index (χ2n) is 4.42. The lowest BCUT2D eigenvalue weighted by molar-refractivity contribution is 0.102. The van der Waals surface area contributed by atoms with Crippen molar-refractivity contribution in [2.45, 2.75) is 19.8 Å². The lowest BCUT2D eigenvalue weighted by atomic mass is 10.2. The molecule has 100 valence electrons. The summed E-state index contributed by atoms with van der Waals surface area (Å²) >= 11 is 1.44. The Kier molecular flexibility index (Phi) is 4.16. The highest BCUT2D eigenvalue weighted by Crippen LogP contribution is 2.22. The highest BCUT2D eigenvalue weighted by Gasteiger charge is 2.11. The van der Waals surface area contributed by atoms with Gasteiger partial charge in [0.05, 0.1) is 12.8 Å². The predicted molar refractivity (Wildman–Crippen MR) is 77.2 cm³/mol. The number of thiazole rings is 1. The zero-order valence-electron chi connectivity index (χ0n) is 11.1. The van der Waals surface area contributed by atoms with Gasteiger partial charge in [-0.1, -0.05) is 19.9 Å².